The molecule has 0 fully saturated rings. The SMILES string of the molecule is CCC(CO)NC(=O)NCCc1cc(F)ccc1F. The second kappa shape index (κ2) is 7.68. The molecular weight excluding hydrogens is 254 g/mol. The zero-order valence-corrected chi connectivity index (χ0v) is 10.7. The lowest BCUT2D eigenvalue weighted by Crippen LogP contribution is -2.44. The predicted octanol–water partition coefficient (Wildman–Crippen LogP) is 1.58. The normalized spacial score (nSPS) is 12.0. The van der Waals surface area contributed by atoms with E-state index in [9.17, 15) is 13.6 Å². The number of hydrogen-bond donors (Lipinski definition) is 3. The first-order valence-corrected chi connectivity index (χ1v) is 6.16. The number of rotatable bonds is 6. The second-order valence-electron chi connectivity index (χ2n) is 4.17. The fourth-order valence-electron chi connectivity index (χ4n) is 1.56. The number of aliphatic hydroxyl groups is 1. The molecule has 1 unspecified atom stereocenters. The molecule has 0 aromatic heterocycles. The summed E-state index contributed by atoms with van der Waals surface area (Å²) in [6.07, 6.45) is 0.815. The Kier molecular flexibility index (Phi) is 6.21. The van der Waals surface area contributed by atoms with E-state index in [1.54, 1.807) is 0 Å². The van der Waals surface area contributed by atoms with Crippen LogP contribution < -0.4 is 10.6 Å². The summed E-state index contributed by atoms with van der Waals surface area (Å²) in [5.41, 5.74) is 0.217. The van der Waals surface area contributed by atoms with Crippen molar-refractivity contribution < 1.29 is 18.7 Å². The number of carbonyl (C=O) groups excluding carboxylic acids is 1. The van der Waals surface area contributed by atoms with Gasteiger partial charge in [0.05, 0.1) is 12.6 Å². The summed E-state index contributed by atoms with van der Waals surface area (Å²) < 4.78 is 26.2. The van der Waals surface area contributed by atoms with E-state index in [1.807, 2.05) is 6.92 Å². The monoisotopic (exact) mass is 272 g/mol. The van der Waals surface area contributed by atoms with E-state index in [1.165, 1.54) is 0 Å². The number of nitrogens with one attached hydrogen (secondary N) is 2. The average molecular weight is 272 g/mol. The number of urea groups is 1. The molecule has 1 atom stereocenters. The Morgan fingerprint density at radius 1 is 1.42 bits per heavy atom. The fourth-order valence-corrected chi connectivity index (χ4v) is 1.56. The van der Waals surface area contributed by atoms with E-state index in [4.69, 9.17) is 5.11 Å². The van der Waals surface area contributed by atoms with Crippen LogP contribution in [0.2, 0.25) is 0 Å². The van der Waals surface area contributed by atoms with Gasteiger partial charge in [-0.1, -0.05) is 6.92 Å². The van der Waals surface area contributed by atoms with Crippen LogP contribution in [0.15, 0.2) is 18.2 Å². The van der Waals surface area contributed by atoms with Crippen molar-refractivity contribution in [2.75, 3.05) is 13.2 Å². The van der Waals surface area contributed by atoms with Crippen molar-refractivity contribution in [3.05, 3.63) is 35.4 Å². The van der Waals surface area contributed by atoms with Crippen LogP contribution in [0.25, 0.3) is 0 Å². The van der Waals surface area contributed by atoms with Crippen LogP contribution in [0.3, 0.4) is 0 Å². The standard InChI is InChI=1S/C13H18F2N2O2/c1-2-11(8-18)17-13(19)16-6-5-9-7-10(14)3-4-12(9)15/h3-4,7,11,18H,2,5-6,8H2,1H3,(H2,16,17,19). The molecule has 1 aromatic rings. The third-order valence-corrected chi connectivity index (χ3v) is 2.74. The number of halogens is 2. The van der Waals surface area contributed by atoms with E-state index >= 15 is 0 Å². The molecule has 0 spiro atoms. The molecular formula is C13H18F2N2O2. The zero-order valence-electron chi connectivity index (χ0n) is 10.7. The van der Waals surface area contributed by atoms with Crippen LogP contribution in [-0.4, -0.2) is 30.3 Å². The van der Waals surface area contributed by atoms with E-state index in [0.29, 0.717) is 6.42 Å². The minimum absolute atomic E-state index is 0.136. The molecule has 3 N–H and O–H groups in total. The van der Waals surface area contributed by atoms with Gasteiger partial charge in [-0.25, -0.2) is 13.6 Å². The van der Waals surface area contributed by atoms with Gasteiger partial charge in [-0.2, -0.15) is 0 Å². The van der Waals surface area contributed by atoms with Gasteiger partial charge in [0.25, 0.3) is 0 Å². The molecule has 0 saturated heterocycles. The fraction of sp³-hybridized carbons (Fsp3) is 0.462. The molecule has 0 aliphatic carbocycles. The molecule has 1 rings (SSSR count). The zero-order chi connectivity index (χ0) is 14.3. The summed E-state index contributed by atoms with van der Waals surface area (Å²) in [6, 6.07) is 2.48. The van der Waals surface area contributed by atoms with Crippen LogP contribution >= 0.6 is 0 Å². The van der Waals surface area contributed by atoms with Gasteiger partial charge >= 0.3 is 6.03 Å². The van der Waals surface area contributed by atoms with Crippen LogP contribution in [0.1, 0.15) is 18.9 Å². The molecule has 106 valence electrons. The summed E-state index contributed by atoms with van der Waals surface area (Å²) >= 11 is 0. The Labute approximate surface area is 110 Å². The van der Waals surface area contributed by atoms with Crippen molar-refractivity contribution in [3.63, 3.8) is 0 Å². The van der Waals surface area contributed by atoms with Gasteiger partial charge in [0.2, 0.25) is 0 Å². The summed E-state index contributed by atoms with van der Waals surface area (Å²) in [4.78, 5) is 11.4. The molecule has 6 heteroatoms. The van der Waals surface area contributed by atoms with Gasteiger partial charge < -0.3 is 15.7 Å². The number of hydrogen-bond acceptors (Lipinski definition) is 2. The molecule has 0 aliphatic heterocycles. The molecule has 0 aliphatic rings. The van der Waals surface area contributed by atoms with Crippen molar-refractivity contribution >= 4 is 6.03 Å². The number of amides is 2. The highest BCUT2D eigenvalue weighted by Gasteiger charge is 2.09. The lowest BCUT2D eigenvalue weighted by molar-refractivity contribution is 0.214. The Hall–Kier alpha value is -1.69. The highest BCUT2D eigenvalue weighted by atomic mass is 19.1. The lowest BCUT2D eigenvalue weighted by Gasteiger charge is -2.14. The quantitative estimate of drug-likeness (QED) is 0.736. The van der Waals surface area contributed by atoms with E-state index in [2.05, 4.69) is 10.6 Å². The van der Waals surface area contributed by atoms with Crippen LogP contribution in [-0.2, 0) is 6.42 Å². The third kappa shape index (κ3) is 5.21. The number of benzene rings is 1. The summed E-state index contributed by atoms with van der Waals surface area (Å²) in [5, 5.41) is 14.0. The van der Waals surface area contributed by atoms with E-state index in [0.717, 1.165) is 18.2 Å². The topological polar surface area (TPSA) is 61.4 Å². The molecule has 0 saturated carbocycles. The maximum Gasteiger partial charge on any atom is 0.315 e. The Morgan fingerprint density at radius 3 is 2.79 bits per heavy atom. The minimum Gasteiger partial charge on any atom is -0.394 e. The van der Waals surface area contributed by atoms with Crippen molar-refractivity contribution in [1.82, 2.24) is 10.6 Å². The van der Waals surface area contributed by atoms with Crippen molar-refractivity contribution in [1.29, 1.82) is 0 Å². The maximum absolute atomic E-state index is 13.3. The van der Waals surface area contributed by atoms with Gasteiger partial charge in [-0.05, 0) is 36.6 Å². The lowest BCUT2D eigenvalue weighted by atomic mass is 10.1. The highest BCUT2D eigenvalue weighted by molar-refractivity contribution is 5.74. The van der Waals surface area contributed by atoms with E-state index < -0.39 is 17.7 Å². The predicted molar refractivity (Wildman–Crippen MR) is 67.8 cm³/mol. The first-order valence-electron chi connectivity index (χ1n) is 6.16. The Balaban J connectivity index is 2.37. The third-order valence-electron chi connectivity index (χ3n) is 2.74. The van der Waals surface area contributed by atoms with E-state index in [-0.39, 0.29) is 31.2 Å². The highest BCUT2D eigenvalue weighted by Crippen LogP contribution is 2.09. The van der Waals surface area contributed by atoms with Crippen molar-refractivity contribution in [3.8, 4) is 0 Å². The van der Waals surface area contributed by atoms with Crippen molar-refractivity contribution in [2.24, 2.45) is 0 Å². The molecule has 1 aromatic carbocycles. The molecule has 0 heterocycles. The van der Waals surface area contributed by atoms with Gasteiger partial charge in [-0.3, -0.25) is 0 Å². The molecule has 4 nitrogen and oxygen atoms in total. The average Bonchev–Trinajstić information content (AvgIpc) is 2.40. The minimum atomic E-state index is -0.507. The van der Waals surface area contributed by atoms with Gasteiger partial charge in [0.1, 0.15) is 11.6 Å². The van der Waals surface area contributed by atoms with Gasteiger partial charge in [-0.15, -0.1) is 0 Å². The molecule has 19 heavy (non-hydrogen) atoms. The summed E-state index contributed by atoms with van der Waals surface area (Å²) in [5.74, 6) is -1.00. The first-order chi connectivity index (χ1) is 9.06. The van der Waals surface area contributed by atoms with Crippen LogP contribution in [0.5, 0.6) is 0 Å². The van der Waals surface area contributed by atoms with Gasteiger partial charge in [0.15, 0.2) is 0 Å². The second-order valence-corrected chi connectivity index (χ2v) is 4.17. The molecule has 2 amide bonds. The molecule has 0 bridgehead atoms. The summed E-state index contributed by atoms with van der Waals surface area (Å²) in [6.45, 7) is 1.89. The van der Waals surface area contributed by atoms with Gasteiger partial charge in [0, 0.05) is 6.54 Å². The van der Waals surface area contributed by atoms with Crippen LogP contribution in [0.4, 0.5) is 13.6 Å². The smallest absolute Gasteiger partial charge is 0.315 e. The Morgan fingerprint density at radius 2 is 2.16 bits per heavy atom. The summed E-state index contributed by atoms with van der Waals surface area (Å²) in [7, 11) is 0. The van der Waals surface area contributed by atoms with Crippen LogP contribution in [0, 0.1) is 11.6 Å². The maximum atomic E-state index is 13.3. The molecule has 0 radical (unpaired) electrons. The number of carbonyl (C=O) groups is 1. The largest absolute Gasteiger partial charge is 0.394 e. The number of aliphatic hydroxyl groups excluding tert-OH is 1. The first kappa shape index (κ1) is 15.4. The Bertz CT molecular complexity index is 423. The van der Waals surface area contributed by atoms with Crippen molar-refractivity contribution in [2.45, 2.75) is 25.8 Å².